The highest BCUT2D eigenvalue weighted by atomic mass is 16.2. The van der Waals surface area contributed by atoms with E-state index in [2.05, 4.69) is 5.32 Å². The number of carbonyl (C=O) groups excluding carboxylic acids is 2. The van der Waals surface area contributed by atoms with Crippen LogP contribution >= 0.6 is 0 Å². The first kappa shape index (κ1) is 12.9. The van der Waals surface area contributed by atoms with Crippen molar-refractivity contribution in [2.75, 3.05) is 0 Å². The van der Waals surface area contributed by atoms with Crippen LogP contribution in [0.1, 0.15) is 40.5 Å². The summed E-state index contributed by atoms with van der Waals surface area (Å²) in [6, 6.07) is 0. The van der Waals surface area contributed by atoms with E-state index in [1.807, 2.05) is 20.8 Å². The fraction of sp³-hybridized carbons (Fsp3) is 0.800. The summed E-state index contributed by atoms with van der Waals surface area (Å²) in [7, 11) is 0. The van der Waals surface area contributed by atoms with Crippen LogP contribution in [0.15, 0.2) is 0 Å². The van der Waals surface area contributed by atoms with Crippen molar-refractivity contribution in [3.05, 3.63) is 0 Å². The average Bonchev–Trinajstić information content (AvgIpc) is 2.01. The van der Waals surface area contributed by atoms with Crippen molar-refractivity contribution in [3.63, 3.8) is 0 Å². The molecule has 0 radical (unpaired) electrons. The Bertz CT molecular complexity index is 226. The first-order valence-corrected chi connectivity index (χ1v) is 4.92. The third-order valence-corrected chi connectivity index (χ3v) is 2.26. The van der Waals surface area contributed by atoms with Crippen molar-refractivity contribution in [3.8, 4) is 0 Å². The molecule has 3 N–H and O–H groups in total. The maximum absolute atomic E-state index is 11.4. The molecule has 0 spiro atoms. The van der Waals surface area contributed by atoms with Crippen LogP contribution in [0.4, 0.5) is 0 Å². The fourth-order valence-corrected chi connectivity index (χ4v) is 1.05. The number of nitrogens with two attached hydrogens (primary N) is 1. The van der Waals surface area contributed by atoms with Crippen LogP contribution in [-0.2, 0) is 9.59 Å². The summed E-state index contributed by atoms with van der Waals surface area (Å²) in [5, 5.41) is 2.66. The third-order valence-electron chi connectivity index (χ3n) is 2.26. The van der Waals surface area contributed by atoms with Gasteiger partial charge in [0.05, 0.1) is 0 Å². The first-order valence-electron chi connectivity index (χ1n) is 4.92. The summed E-state index contributed by atoms with van der Waals surface area (Å²) in [5.74, 6) is -0.329. The molecule has 0 aromatic rings. The van der Waals surface area contributed by atoms with Gasteiger partial charge in [-0.2, -0.15) is 0 Å². The van der Waals surface area contributed by atoms with Gasteiger partial charge in [-0.25, -0.2) is 0 Å². The van der Waals surface area contributed by atoms with E-state index >= 15 is 0 Å². The second-order valence-electron chi connectivity index (χ2n) is 4.20. The number of rotatable bonds is 5. The lowest BCUT2D eigenvalue weighted by molar-refractivity contribution is -0.131. The molecule has 0 aliphatic carbocycles. The lowest BCUT2D eigenvalue weighted by atomic mass is 9.97. The van der Waals surface area contributed by atoms with Gasteiger partial charge >= 0.3 is 0 Å². The van der Waals surface area contributed by atoms with Crippen molar-refractivity contribution in [1.29, 1.82) is 0 Å². The molecule has 0 bridgehead atoms. The largest absolute Gasteiger partial charge is 0.368 e. The highest BCUT2D eigenvalue weighted by molar-refractivity contribution is 5.89. The van der Waals surface area contributed by atoms with Gasteiger partial charge in [-0.15, -0.1) is 0 Å². The Hall–Kier alpha value is -1.06. The molecule has 0 saturated heterocycles. The van der Waals surface area contributed by atoms with Gasteiger partial charge in [0.2, 0.25) is 11.8 Å². The number of nitrogens with one attached hydrogen (secondary N) is 1. The number of primary amides is 1. The van der Waals surface area contributed by atoms with E-state index in [4.69, 9.17) is 5.73 Å². The first-order chi connectivity index (χ1) is 6.31. The summed E-state index contributed by atoms with van der Waals surface area (Å²) < 4.78 is 0. The minimum Gasteiger partial charge on any atom is -0.368 e. The fourth-order valence-electron chi connectivity index (χ4n) is 1.05. The molecular formula is C10H20N2O2. The molecule has 0 fully saturated rings. The minimum atomic E-state index is -0.911. The Kier molecular flexibility index (Phi) is 4.60. The van der Waals surface area contributed by atoms with Crippen LogP contribution in [0.3, 0.4) is 0 Å². The van der Waals surface area contributed by atoms with Gasteiger partial charge in [0.25, 0.3) is 0 Å². The minimum absolute atomic E-state index is 0.122. The summed E-state index contributed by atoms with van der Waals surface area (Å²) in [6.45, 7) is 7.37. The van der Waals surface area contributed by atoms with Crippen molar-refractivity contribution in [1.82, 2.24) is 5.32 Å². The molecule has 82 valence electrons. The summed E-state index contributed by atoms with van der Waals surface area (Å²) in [5.41, 5.74) is 4.30. The van der Waals surface area contributed by atoms with Crippen LogP contribution in [0.25, 0.3) is 0 Å². The average molecular weight is 200 g/mol. The normalized spacial score (nSPS) is 14.9. The van der Waals surface area contributed by atoms with Gasteiger partial charge in [0, 0.05) is 6.42 Å². The Balaban J connectivity index is 4.32. The van der Waals surface area contributed by atoms with Gasteiger partial charge in [-0.05, 0) is 19.3 Å². The summed E-state index contributed by atoms with van der Waals surface area (Å²) in [6.07, 6.45) is 0.926. The Labute approximate surface area is 85.2 Å². The Morgan fingerprint density at radius 1 is 1.43 bits per heavy atom. The van der Waals surface area contributed by atoms with E-state index in [1.54, 1.807) is 6.92 Å². The third kappa shape index (κ3) is 3.77. The molecule has 4 nitrogen and oxygen atoms in total. The van der Waals surface area contributed by atoms with Crippen LogP contribution in [0.5, 0.6) is 0 Å². The molecule has 14 heavy (non-hydrogen) atoms. The van der Waals surface area contributed by atoms with Crippen molar-refractivity contribution >= 4 is 11.8 Å². The van der Waals surface area contributed by atoms with Crippen molar-refractivity contribution < 1.29 is 9.59 Å². The number of hydrogen-bond acceptors (Lipinski definition) is 2. The predicted molar refractivity (Wildman–Crippen MR) is 55.5 cm³/mol. The van der Waals surface area contributed by atoms with Crippen molar-refractivity contribution in [2.24, 2.45) is 11.7 Å². The second kappa shape index (κ2) is 4.98. The van der Waals surface area contributed by atoms with E-state index in [0.717, 1.165) is 0 Å². The molecule has 0 aromatic heterocycles. The highest BCUT2D eigenvalue weighted by Crippen LogP contribution is 2.09. The predicted octanol–water partition coefficient (Wildman–Crippen LogP) is 0.803. The molecule has 1 atom stereocenters. The molecular weight excluding hydrogens is 180 g/mol. The van der Waals surface area contributed by atoms with Crippen LogP contribution in [0.2, 0.25) is 0 Å². The van der Waals surface area contributed by atoms with Crippen LogP contribution in [0, 0.1) is 5.92 Å². The quantitative estimate of drug-likeness (QED) is 0.689. The maximum Gasteiger partial charge on any atom is 0.242 e. The Morgan fingerprint density at radius 2 is 1.93 bits per heavy atom. The molecule has 0 rings (SSSR count). The number of amides is 2. The zero-order chi connectivity index (χ0) is 11.4. The molecule has 0 aliphatic rings. The topological polar surface area (TPSA) is 72.2 Å². The lowest BCUT2D eigenvalue weighted by Crippen LogP contribution is -2.55. The smallest absolute Gasteiger partial charge is 0.242 e. The maximum atomic E-state index is 11.4. The van der Waals surface area contributed by atoms with E-state index in [-0.39, 0.29) is 11.8 Å². The van der Waals surface area contributed by atoms with E-state index in [9.17, 15) is 9.59 Å². The van der Waals surface area contributed by atoms with Crippen LogP contribution < -0.4 is 11.1 Å². The molecule has 0 saturated carbocycles. The molecule has 4 heteroatoms. The second-order valence-corrected chi connectivity index (χ2v) is 4.20. The lowest BCUT2D eigenvalue weighted by Gasteiger charge is -2.26. The SMILES string of the molecule is CCC(C)(NC(=O)CC(C)C)C(N)=O. The van der Waals surface area contributed by atoms with Gasteiger partial charge in [0.15, 0.2) is 0 Å². The van der Waals surface area contributed by atoms with Gasteiger partial charge < -0.3 is 11.1 Å². The van der Waals surface area contributed by atoms with Gasteiger partial charge in [0.1, 0.15) is 5.54 Å². The van der Waals surface area contributed by atoms with Crippen molar-refractivity contribution in [2.45, 2.75) is 46.1 Å². The zero-order valence-corrected chi connectivity index (χ0v) is 9.39. The van der Waals surface area contributed by atoms with E-state index in [0.29, 0.717) is 12.8 Å². The molecule has 2 amide bonds. The van der Waals surface area contributed by atoms with Gasteiger partial charge in [-0.3, -0.25) is 9.59 Å². The number of carbonyl (C=O) groups is 2. The standard InChI is InChI=1S/C10H20N2O2/c1-5-10(4,9(11)14)12-8(13)6-7(2)3/h7H,5-6H2,1-4H3,(H2,11,14)(H,12,13). The van der Waals surface area contributed by atoms with E-state index < -0.39 is 11.4 Å². The number of hydrogen-bond donors (Lipinski definition) is 2. The zero-order valence-electron chi connectivity index (χ0n) is 9.39. The molecule has 0 heterocycles. The highest BCUT2D eigenvalue weighted by Gasteiger charge is 2.30. The summed E-state index contributed by atoms with van der Waals surface area (Å²) in [4.78, 5) is 22.5. The summed E-state index contributed by atoms with van der Waals surface area (Å²) >= 11 is 0. The van der Waals surface area contributed by atoms with Crippen LogP contribution in [-0.4, -0.2) is 17.4 Å². The van der Waals surface area contributed by atoms with Gasteiger partial charge in [-0.1, -0.05) is 20.8 Å². The monoisotopic (exact) mass is 200 g/mol. The Morgan fingerprint density at radius 3 is 2.21 bits per heavy atom. The molecule has 1 unspecified atom stereocenters. The molecule has 0 aliphatic heterocycles. The molecule has 0 aromatic carbocycles. The van der Waals surface area contributed by atoms with E-state index in [1.165, 1.54) is 0 Å².